The van der Waals surface area contributed by atoms with Crippen LogP contribution in [-0.2, 0) is 81.3 Å². The van der Waals surface area contributed by atoms with E-state index in [1.165, 1.54) is 48.7 Å². The average molecular weight is 1060 g/mol. The lowest BCUT2D eigenvalue weighted by Crippen LogP contribution is -2.44. The zero-order chi connectivity index (χ0) is 54.3. The predicted molar refractivity (Wildman–Crippen MR) is 280 cm³/mol. The zero-order valence-electron chi connectivity index (χ0n) is 43.0. The Balaban J connectivity index is -0.00000196. The summed E-state index contributed by atoms with van der Waals surface area (Å²) in [4.78, 5) is 158. The van der Waals surface area contributed by atoms with Crippen LogP contribution < -0.4 is 16.0 Å². The summed E-state index contributed by atoms with van der Waals surface area (Å²) < 4.78 is 21.1. The van der Waals surface area contributed by atoms with Crippen LogP contribution >= 0.6 is 0 Å². The highest BCUT2D eigenvalue weighted by Gasteiger charge is 2.30. The van der Waals surface area contributed by atoms with Gasteiger partial charge in [-0.3, -0.25) is 47.9 Å². The predicted octanol–water partition coefficient (Wildman–Crippen LogP) is 4.29. The number of amides is 3. The van der Waals surface area contributed by atoms with Gasteiger partial charge in [-0.25, -0.2) is 0 Å². The van der Waals surface area contributed by atoms with Crippen LogP contribution in [0.15, 0.2) is 0 Å². The second kappa shape index (κ2) is 47.6. The number of ether oxygens (including phenoxy) is 4. The molecule has 0 aliphatic carbocycles. The Morgan fingerprint density at radius 2 is 0.946 bits per heavy atom. The molecule has 3 amide bonds. The van der Waals surface area contributed by atoms with E-state index >= 15 is 0 Å². The minimum absolute atomic E-state index is 0. The Labute approximate surface area is 441 Å². The average Bonchev–Trinajstić information content (AvgIpc) is 3.30. The third kappa shape index (κ3) is 41.3. The number of methoxy groups -OCH3 is 1. The molecule has 0 spiro atoms. The molecular weight excluding hydrogens is 967 g/mol. The minimum Gasteiger partial charge on any atom is -0.393 e. The van der Waals surface area contributed by atoms with E-state index < -0.39 is 65.8 Å². The van der Waals surface area contributed by atoms with Crippen molar-refractivity contribution in [1.29, 1.82) is 0 Å². The summed E-state index contributed by atoms with van der Waals surface area (Å²) in [6.07, 6.45) is -1.04. The minimum atomic E-state index is -1.16. The Morgan fingerprint density at radius 3 is 1.42 bits per heavy atom. The SMILES string of the molecule is C.C.C.C=O.COCCOCCNC(=O)C(CCC(=O)CC(CCC(=O)NCCOCCOCC(=O)NC(CCC(=O)CC(CCC(C)=O)C(C)=O)C(=O)CC(CCC(C)=O)C(C)=O)C(C)=O)C(=O)CCC(C)O.[HH]. The molecule has 6 atom stereocenters. The summed E-state index contributed by atoms with van der Waals surface area (Å²) in [5.41, 5.74) is 0. The van der Waals surface area contributed by atoms with Crippen molar-refractivity contribution in [3.63, 3.8) is 0 Å². The van der Waals surface area contributed by atoms with Gasteiger partial charge in [-0.05, 0) is 80.1 Å². The molecule has 0 aromatic heterocycles. The molecule has 21 nitrogen and oxygen atoms in total. The quantitative estimate of drug-likeness (QED) is 0.0488. The van der Waals surface area contributed by atoms with Gasteiger partial charge < -0.3 is 54.4 Å². The Hall–Kier alpha value is -5.09. The van der Waals surface area contributed by atoms with Crippen molar-refractivity contribution in [2.24, 2.45) is 23.7 Å². The topological polar surface area (TPSA) is 315 Å². The molecule has 6 unspecified atom stereocenters. The summed E-state index contributed by atoms with van der Waals surface area (Å²) in [6.45, 7) is 11.0. The molecule has 21 heteroatoms. The Kier molecular flexibility index (Phi) is 50.1. The zero-order valence-corrected chi connectivity index (χ0v) is 43.0. The largest absolute Gasteiger partial charge is 0.393 e. The summed E-state index contributed by atoms with van der Waals surface area (Å²) in [7, 11) is 1.53. The van der Waals surface area contributed by atoms with E-state index in [1.807, 2.05) is 6.79 Å². The van der Waals surface area contributed by atoms with Crippen LogP contribution in [0.4, 0.5) is 0 Å². The van der Waals surface area contributed by atoms with Crippen LogP contribution in [0.1, 0.15) is 162 Å². The van der Waals surface area contributed by atoms with E-state index in [0.717, 1.165) is 0 Å². The maximum Gasteiger partial charge on any atom is 0.246 e. The van der Waals surface area contributed by atoms with Crippen molar-refractivity contribution in [3.8, 4) is 0 Å². The van der Waals surface area contributed by atoms with Crippen LogP contribution in [0.2, 0.25) is 0 Å². The van der Waals surface area contributed by atoms with E-state index in [2.05, 4.69) is 16.0 Å². The molecule has 0 heterocycles. The fourth-order valence-electron chi connectivity index (χ4n) is 7.02. The van der Waals surface area contributed by atoms with Gasteiger partial charge in [-0.1, -0.05) is 22.3 Å². The highest BCUT2D eigenvalue weighted by molar-refractivity contribution is 6.02. The number of carbonyl (C=O) groups excluding carboxylic acids is 13. The standard InChI is InChI=1S/C49H79N3O17.CH2O.3CH4.H2/c1-32(53)8-11-38(35(4)56)28-42(60)15-17-44(46(62)30-40(37(6)58)12-9-33(2)54)52-48(64)31-69-27-26-68-22-20-50-47(63)19-13-39(36(5)57)29-41(59)14-16-43(45(61)18-10-34(3)55)49(65)51-21-23-67-25-24-66-7;1-2;;;;/h34,38-40,43-44,55H,8-31H2,1-7H3,(H,50,63)(H,51,65)(H,52,64);1H2;3*1H4;1H. The molecule has 0 fully saturated rings. The maximum atomic E-state index is 13.4. The second-order valence-corrected chi connectivity index (χ2v) is 17.6. The molecule has 0 rings (SSSR count). The van der Waals surface area contributed by atoms with E-state index in [4.69, 9.17) is 23.7 Å². The molecular formula is C53H95N3O18. The number of ketones is 9. The summed E-state index contributed by atoms with van der Waals surface area (Å²) in [5, 5.41) is 17.5. The van der Waals surface area contributed by atoms with E-state index in [1.54, 1.807) is 0 Å². The normalized spacial score (nSPS) is 12.9. The van der Waals surface area contributed by atoms with Crippen molar-refractivity contribution < 1.29 is 87.8 Å². The number of carbonyl (C=O) groups is 13. The lowest BCUT2D eigenvalue weighted by molar-refractivity contribution is -0.136. The third-order valence-electron chi connectivity index (χ3n) is 11.3. The summed E-state index contributed by atoms with van der Waals surface area (Å²) >= 11 is 0. The lowest BCUT2D eigenvalue weighted by Gasteiger charge is -2.21. The van der Waals surface area contributed by atoms with Gasteiger partial charge in [0.25, 0.3) is 0 Å². The van der Waals surface area contributed by atoms with E-state index in [-0.39, 0.29) is 206 Å². The van der Waals surface area contributed by atoms with Crippen molar-refractivity contribution in [2.45, 2.75) is 172 Å². The lowest BCUT2D eigenvalue weighted by atomic mass is 9.88. The van der Waals surface area contributed by atoms with Crippen LogP contribution in [0.3, 0.4) is 0 Å². The van der Waals surface area contributed by atoms with Gasteiger partial charge in [-0.15, -0.1) is 0 Å². The van der Waals surface area contributed by atoms with Crippen LogP contribution in [0.5, 0.6) is 0 Å². The smallest absolute Gasteiger partial charge is 0.246 e. The van der Waals surface area contributed by atoms with E-state index in [0.29, 0.717) is 13.2 Å². The number of nitrogens with one attached hydrogen (secondary N) is 3. The van der Waals surface area contributed by atoms with Crippen molar-refractivity contribution in [1.82, 2.24) is 16.0 Å². The molecule has 74 heavy (non-hydrogen) atoms. The number of aliphatic hydroxyl groups is 1. The highest BCUT2D eigenvalue weighted by atomic mass is 16.5. The van der Waals surface area contributed by atoms with Crippen molar-refractivity contribution >= 4 is 76.6 Å². The van der Waals surface area contributed by atoms with Gasteiger partial charge in [0.05, 0.1) is 57.7 Å². The Morgan fingerprint density at radius 1 is 0.500 bits per heavy atom. The van der Waals surface area contributed by atoms with Gasteiger partial charge in [0.1, 0.15) is 59.7 Å². The maximum absolute atomic E-state index is 13.4. The van der Waals surface area contributed by atoms with Crippen LogP contribution in [-0.4, -0.2) is 160 Å². The van der Waals surface area contributed by atoms with Gasteiger partial charge in [0, 0.05) is 97.2 Å². The number of rotatable bonds is 45. The first-order chi connectivity index (χ1) is 33.6. The van der Waals surface area contributed by atoms with Gasteiger partial charge in [0.2, 0.25) is 17.7 Å². The number of Topliss-reactive ketones (excluding diaryl/α,β-unsaturated/α-hetero) is 9. The number of hydrogen-bond donors (Lipinski definition) is 4. The summed E-state index contributed by atoms with van der Waals surface area (Å²) in [6, 6.07) is -1.16. The fourth-order valence-corrected chi connectivity index (χ4v) is 7.02. The first-order valence-electron chi connectivity index (χ1n) is 24.2. The molecule has 0 aromatic rings. The first-order valence-corrected chi connectivity index (χ1v) is 24.2. The molecule has 0 radical (unpaired) electrons. The second-order valence-electron chi connectivity index (χ2n) is 17.6. The van der Waals surface area contributed by atoms with Crippen LogP contribution in [0, 0.1) is 23.7 Å². The fraction of sp³-hybridized carbons (Fsp3) is 0.755. The monoisotopic (exact) mass is 1060 g/mol. The number of aliphatic hydroxyl groups excluding tert-OH is 1. The van der Waals surface area contributed by atoms with Crippen LogP contribution in [0.25, 0.3) is 0 Å². The van der Waals surface area contributed by atoms with Crippen molar-refractivity contribution in [2.75, 3.05) is 66.4 Å². The first kappa shape index (κ1) is 77.8. The number of hydrogen-bond acceptors (Lipinski definition) is 18. The van der Waals surface area contributed by atoms with E-state index in [9.17, 15) is 62.6 Å². The molecule has 0 aliphatic heterocycles. The molecule has 0 aliphatic rings. The van der Waals surface area contributed by atoms with Gasteiger partial charge in [0.15, 0.2) is 5.78 Å². The van der Waals surface area contributed by atoms with Gasteiger partial charge in [-0.2, -0.15) is 0 Å². The van der Waals surface area contributed by atoms with Crippen molar-refractivity contribution in [3.05, 3.63) is 0 Å². The highest BCUT2D eigenvalue weighted by Crippen LogP contribution is 2.21. The Bertz CT molecular complexity index is 1720. The molecule has 0 saturated heterocycles. The van der Waals surface area contributed by atoms with Gasteiger partial charge >= 0.3 is 0 Å². The molecule has 4 N–H and O–H groups in total. The summed E-state index contributed by atoms with van der Waals surface area (Å²) in [5.74, 6) is -7.59. The molecule has 0 saturated carbocycles. The molecule has 0 aromatic carbocycles. The molecule has 430 valence electrons. The third-order valence-corrected chi connectivity index (χ3v) is 11.3. The molecule has 0 bridgehead atoms.